The maximum Gasteiger partial charge on any atom is 0.126 e. The van der Waals surface area contributed by atoms with E-state index in [-0.39, 0.29) is 5.82 Å². The molecule has 0 unspecified atom stereocenters. The molecule has 0 amide bonds. The van der Waals surface area contributed by atoms with Crippen molar-refractivity contribution < 1.29 is 4.39 Å². The van der Waals surface area contributed by atoms with Crippen LogP contribution in [0.2, 0.25) is 5.02 Å². The summed E-state index contributed by atoms with van der Waals surface area (Å²) >= 11 is 7.32. The van der Waals surface area contributed by atoms with Gasteiger partial charge in [-0.3, -0.25) is 4.98 Å². The van der Waals surface area contributed by atoms with Crippen LogP contribution in [0.3, 0.4) is 0 Å². The number of nitrogens with zero attached hydrogens (tertiary/aromatic N) is 1. The monoisotopic (exact) mass is 213 g/mol. The second kappa shape index (κ2) is 3.44. The van der Waals surface area contributed by atoms with Gasteiger partial charge in [0.05, 0.1) is 15.6 Å². The van der Waals surface area contributed by atoms with Gasteiger partial charge in [-0.1, -0.05) is 11.6 Å². The summed E-state index contributed by atoms with van der Waals surface area (Å²) < 4.78 is 12.8. The van der Waals surface area contributed by atoms with Crippen molar-refractivity contribution in [2.45, 2.75) is 0 Å². The highest BCUT2D eigenvalue weighted by atomic mass is 35.5. The summed E-state index contributed by atoms with van der Waals surface area (Å²) in [6.45, 7) is 0. The van der Waals surface area contributed by atoms with Gasteiger partial charge in [0.25, 0.3) is 0 Å². The Balaban J connectivity index is 2.53. The largest absolute Gasteiger partial charge is 0.255 e. The Morgan fingerprint density at radius 3 is 2.85 bits per heavy atom. The Bertz CT molecular complexity index is 427. The van der Waals surface area contributed by atoms with Crippen molar-refractivity contribution in [3.8, 4) is 10.6 Å². The van der Waals surface area contributed by atoms with E-state index in [0.29, 0.717) is 10.7 Å². The van der Waals surface area contributed by atoms with Gasteiger partial charge in [0.1, 0.15) is 5.82 Å². The fourth-order valence-electron chi connectivity index (χ4n) is 1.01. The summed E-state index contributed by atoms with van der Waals surface area (Å²) in [6, 6.07) is 4.46. The van der Waals surface area contributed by atoms with E-state index in [0.717, 1.165) is 4.88 Å². The molecular formula is C9H5ClFNS. The van der Waals surface area contributed by atoms with Crippen LogP contribution in [0.15, 0.2) is 29.8 Å². The van der Waals surface area contributed by atoms with Crippen molar-refractivity contribution in [2.24, 2.45) is 0 Å². The van der Waals surface area contributed by atoms with Gasteiger partial charge in [-0.2, -0.15) is 0 Å². The first kappa shape index (κ1) is 8.66. The van der Waals surface area contributed by atoms with Crippen LogP contribution in [0.25, 0.3) is 10.6 Å². The van der Waals surface area contributed by atoms with Gasteiger partial charge in [-0.15, -0.1) is 11.3 Å². The molecule has 0 saturated heterocycles. The molecule has 13 heavy (non-hydrogen) atoms. The van der Waals surface area contributed by atoms with Crippen molar-refractivity contribution in [3.63, 3.8) is 0 Å². The summed E-state index contributed by atoms with van der Waals surface area (Å²) in [4.78, 5) is 4.84. The molecule has 0 aromatic carbocycles. The summed E-state index contributed by atoms with van der Waals surface area (Å²) in [5.74, 6) is -0.297. The maximum atomic E-state index is 12.8. The van der Waals surface area contributed by atoms with Gasteiger partial charge in [-0.25, -0.2) is 4.39 Å². The van der Waals surface area contributed by atoms with E-state index < -0.39 is 0 Å². The Labute approximate surface area is 83.8 Å². The van der Waals surface area contributed by atoms with Gasteiger partial charge >= 0.3 is 0 Å². The van der Waals surface area contributed by atoms with Gasteiger partial charge in [0.2, 0.25) is 0 Å². The highest BCUT2D eigenvalue weighted by Gasteiger charge is 2.06. The first-order chi connectivity index (χ1) is 6.27. The molecular weight excluding hydrogens is 209 g/mol. The fourth-order valence-corrected chi connectivity index (χ4v) is 2.13. The minimum Gasteiger partial charge on any atom is -0.255 e. The first-order valence-electron chi connectivity index (χ1n) is 3.62. The lowest BCUT2D eigenvalue weighted by molar-refractivity contribution is 0.626. The number of halogens is 2. The molecule has 2 aromatic rings. The molecule has 2 aromatic heterocycles. The molecule has 0 N–H and O–H groups in total. The van der Waals surface area contributed by atoms with Crippen LogP contribution in [-0.2, 0) is 0 Å². The minimum absolute atomic E-state index is 0.297. The van der Waals surface area contributed by atoms with Gasteiger partial charge in [0.15, 0.2) is 0 Å². The molecule has 1 nitrogen and oxygen atoms in total. The van der Waals surface area contributed by atoms with E-state index >= 15 is 0 Å². The van der Waals surface area contributed by atoms with E-state index in [4.69, 9.17) is 11.6 Å². The number of aromatic nitrogens is 1. The van der Waals surface area contributed by atoms with Gasteiger partial charge in [-0.05, 0) is 17.5 Å². The zero-order valence-electron chi connectivity index (χ0n) is 6.50. The molecule has 0 saturated carbocycles. The molecule has 4 heteroatoms. The zero-order valence-corrected chi connectivity index (χ0v) is 8.07. The van der Waals surface area contributed by atoms with Crippen LogP contribution < -0.4 is 0 Å². The molecule has 2 heterocycles. The van der Waals surface area contributed by atoms with Crippen molar-refractivity contribution >= 4 is 22.9 Å². The average molecular weight is 214 g/mol. The highest BCUT2D eigenvalue weighted by Crippen LogP contribution is 2.31. The lowest BCUT2D eigenvalue weighted by Gasteiger charge is -1.96. The molecule has 0 bridgehead atoms. The normalized spacial score (nSPS) is 10.3. The molecule has 0 spiro atoms. The standard InChI is InChI=1S/C9H5ClFNS/c10-7-2-4-13-9(7)8-5-6(11)1-3-12-8/h1-5H. The van der Waals surface area contributed by atoms with E-state index in [1.54, 1.807) is 6.07 Å². The third kappa shape index (κ3) is 1.71. The lowest BCUT2D eigenvalue weighted by Crippen LogP contribution is -1.81. The van der Waals surface area contributed by atoms with Crippen molar-refractivity contribution in [2.75, 3.05) is 0 Å². The summed E-state index contributed by atoms with van der Waals surface area (Å²) in [5.41, 5.74) is 0.583. The predicted molar refractivity (Wildman–Crippen MR) is 52.5 cm³/mol. The number of hydrogen-bond acceptors (Lipinski definition) is 2. The number of rotatable bonds is 1. The summed E-state index contributed by atoms with van der Waals surface area (Å²) in [6.07, 6.45) is 1.43. The van der Waals surface area contributed by atoms with E-state index in [2.05, 4.69) is 4.98 Å². The van der Waals surface area contributed by atoms with Crippen molar-refractivity contribution in [1.82, 2.24) is 4.98 Å². The third-order valence-corrected chi connectivity index (χ3v) is 2.94. The quantitative estimate of drug-likeness (QED) is 0.705. The Morgan fingerprint density at radius 1 is 1.38 bits per heavy atom. The van der Waals surface area contributed by atoms with E-state index in [1.165, 1.54) is 29.7 Å². The number of hydrogen-bond donors (Lipinski definition) is 0. The Morgan fingerprint density at radius 2 is 2.23 bits per heavy atom. The maximum absolute atomic E-state index is 12.8. The van der Waals surface area contributed by atoms with Crippen molar-refractivity contribution in [1.29, 1.82) is 0 Å². The van der Waals surface area contributed by atoms with Gasteiger partial charge in [0, 0.05) is 12.3 Å². The average Bonchev–Trinajstić information content (AvgIpc) is 2.51. The molecule has 0 fully saturated rings. The van der Waals surface area contributed by atoms with E-state index in [9.17, 15) is 4.39 Å². The topological polar surface area (TPSA) is 12.9 Å². The highest BCUT2D eigenvalue weighted by molar-refractivity contribution is 7.14. The molecule has 2 rings (SSSR count). The molecule has 0 atom stereocenters. The summed E-state index contributed by atoms with van der Waals surface area (Å²) in [7, 11) is 0. The Kier molecular flexibility index (Phi) is 2.29. The van der Waals surface area contributed by atoms with Crippen LogP contribution in [0, 0.1) is 5.82 Å². The van der Waals surface area contributed by atoms with Gasteiger partial charge < -0.3 is 0 Å². The lowest BCUT2D eigenvalue weighted by atomic mass is 10.3. The fraction of sp³-hybridized carbons (Fsp3) is 0. The van der Waals surface area contributed by atoms with Crippen LogP contribution in [-0.4, -0.2) is 4.98 Å². The van der Waals surface area contributed by atoms with Crippen LogP contribution in [0.4, 0.5) is 4.39 Å². The molecule has 66 valence electrons. The molecule has 0 aliphatic rings. The first-order valence-corrected chi connectivity index (χ1v) is 4.88. The minimum atomic E-state index is -0.297. The van der Waals surface area contributed by atoms with Crippen LogP contribution >= 0.6 is 22.9 Å². The SMILES string of the molecule is Fc1ccnc(-c2sccc2Cl)c1. The molecule has 0 aliphatic heterocycles. The zero-order chi connectivity index (χ0) is 9.26. The smallest absolute Gasteiger partial charge is 0.126 e. The predicted octanol–water partition coefficient (Wildman–Crippen LogP) is 3.60. The molecule has 0 aliphatic carbocycles. The van der Waals surface area contributed by atoms with Crippen LogP contribution in [0.1, 0.15) is 0 Å². The van der Waals surface area contributed by atoms with Crippen LogP contribution in [0.5, 0.6) is 0 Å². The Hall–Kier alpha value is -0.930. The second-order valence-corrected chi connectivity index (χ2v) is 3.78. The number of pyridine rings is 1. The van der Waals surface area contributed by atoms with E-state index in [1.807, 2.05) is 5.38 Å². The second-order valence-electron chi connectivity index (χ2n) is 2.46. The van der Waals surface area contributed by atoms with Crippen molar-refractivity contribution in [3.05, 3.63) is 40.6 Å². The number of thiophene rings is 1. The summed E-state index contributed by atoms with van der Waals surface area (Å²) in [5, 5.41) is 2.47. The third-order valence-electron chi connectivity index (χ3n) is 1.57. The molecule has 0 radical (unpaired) electrons.